The molecule has 2 aliphatic rings. The Balaban J connectivity index is 1.31. The van der Waals surface area contributed by atoms with Crippen LogP contribution in [0.3, 0.4) is 0 Å². The lowest BCUT2D eigenvalue weighted by Gasteiger charge is -2.45. The number of fused-ring (bicyclic) bond motifs is 1. The summed E-state index contributed by atoms with van der Waals surface area (Å²) in [7, 11) is 0. The molecule has 176 valence electrons. The minimum Gasteiger partial charge on any atom is -0.444 e. The van der Waals surface area contributed by atoms with Gasteiger partial charge in [0.1, 0.15) is 16.1 Å². The molecule has 0 radical (unpaired) electrons. The van der Waals surface area contributed by atoms with Gasteiger partial charge < -0.3 is 25.6 Å². The van der Waals surface area contributed by atoms with Gasteiger partial charge in [0.2, 0.25) is 5.91 Å². The molecule has 1 saturated heterocycles. The highest BCUT2D eigenvalue weighted by molar-refractivity contribution is 7.18. The molecule has 4 heterocycles. The summed E-state index contributed by atoms with van der Waals surface area (Å²) in [5, 5.41) is 9.27. The average molecular weight is 472 g/mol. The third kappa shape index (κ3) is 5.44. The quantitative estimate of drug-likeness (QED) is 0.631. The maximum atomic E-state index is 12.8. The summed E-state index contributed by atoms with van der Waals surface area (Å²) >= 11 is 1.45. The fraction of sp³-hybridized carbons (Fsp3) is 0.478. The third-order valence-electron chi connectivity index (χ3n) is 5.61. The molecule has 0 aromatic carbocycles. The number of piperidine rings is 1. The number of carbonyl (C=O) groups is 3. The number of thiophene rings is 1. The highest BCUT2D eigenvalue weighted by Crippen LogP contribution is 2.40. The zero-order chi connectivity index (χ0) is 23.6. The second-order valence-electron chi connectivity index (χ2n) is 9.31. The number of ether oxygens (including phenoxy) is 1. The van der Waals surface area contributed by atoms with Crippen molar-refractivity contribution in [2.75, 3.05) is 25.0 Å². The Kier molecular flexibility index (Phi) is 6.29. The van der Waals surface area contributed by atoms with E-state index in [2.05, 4.69) is 20.9 Å². The summed E-state index contributed by atoms with van der Waals surface area (Å²) in [6.07, 6.45) is 4.35. The van der Waals surface area contributed by atoms with Crippen molar-refractivity contribution >= 4 is 34.9 Å². The number of amides is 3. The lowest BCUT2D eigenvalue weighted by molar-refractivity contribution is -0.132. The van der Waals surface area contributed by atoms with Gasteiger partial charge in [0.25, 0.3) is 5.91 Å². The summed E-state index contributed by atoms with van der Waals surface area (Å²) in [6.45, 7) is 6.64. The smallest absolute Gasteiger partial charge is 0.407 e. The molecule has 0 saturated carbocycles. The van der Waals surface area contributed by atoms with E-state index in [-0.39, 0.29) is 24.8 Å². The maximum Gasteiger partial charge on any atom is 0.407 e. The van der Waals surface area contributed by atoms with E-state index in [1.54, 1.807) is 38.1 Å². The second kappa shape index (κ2) is 9.01. The summed E-state index contributed by atoms with van der Waals surface area (Å²) in [5.74, 6) is -0.116. The first-order valence-electron chi connectivity index (χ1n) is 11.0. The van der Waals surface area contributed by atoms with Crippen molar-refractivity contribution in [3.8, 4) is 10.4 Å². The fourth-order valence-corrected chi connectivity index (χ4v) is 5.02. The number of carbonyl (C=O) groups excluding carboxylic acids is 3. The van der Waals surface area contributed by atoms with Crippen molar-refractivity contribution in [1.82, 2.24) is 20.5 Å². The molecule has 3 amide bonds. The van der Waals surface area contributed by atoms with E-state index < -0.39 is 17.4 Å². The van der Waals surface area contributed by atoms with Crippen LogP contribution in [0, 0.1) is 0 Å². The lowest BCUT2D eigenvalue weighted by atomic mass is 9.94. The van der Waals surface area contributed by atoms with Gasteiger partial charge >= 0.3 is 6.09 Å². The van der Waals surface area contributed by atoms with Crippen LogP contribution in [0.25, 0.3) is 10.4 Å². The Morgan fingerprint density at radius 1 is 1.21 bits per heavy atom. The normalized spacial score (nSPS) is 17.1. The molecule has 0 unspecified atom stereocenters. The molecular formula is C23H29N5O4S. The molecular weight excluding hydrogens is 442 g/mol. The molecule has 3 N–H and O–H groups in total. The number of rotatable bonds is 4. The Bertz CT molecular complexity index is 1040. The van der Waals surface area contributed by atoms with Gasteiger partial charge in [-0.15, -0.1) is 11.3 Å². The zero-order valence-electron chi connectivity index (χ0n) is 19.1. The van der Waals surface area contributed by atoms with Gasteiger partial charge in [-0.05, 0) is 44.5 Å². The molecule has 1 spiro atoms. The van der Waals surface area contributed by atoms with Gasteiger partial charge in [-0.1, -0.05) is 0 Å². The van der Waals surface area contributed by atoms with Crippen molar-refractivity contribution in [2.45, 2.75) is 51.3 Å². The number of hydrogen-bond donors (Lipinski definition) is 3. The minimum absolute atomic E-state index is 0.0285. The van der Waals surface area contributed by atoms with Crippen LogP contribution in [-0.4, -0.2) is 58.7 Å². The number of nitrogens with zero attached hydrogens (tertiary/aromatic N) is 2. The fourth-order valence-electron chi connectivity index (χ4n) is 4.01. The van der Waals surface area contributed by atoms with Crippen molar-refractivity contribution in [3.63, 3.8) is 0 Å². The van der Waals surface area contributed by atoms with Crippen LogP contribution >= 0.6 is 11.3 Å². The van der Waals surface area contributed by atoms with E-state index >= 15 is 0 Å². The molecule has 4 rings (SSSR count). The van der Waals surface area contributed by atoms with Crippen molar-refractivity contribution < 1.29 is 19.1 Å². The van der Waals surface area contributed by atoms with Gasteiger partial charge in [0.15, 0.2) is 0 Å². The monoisotopic (exact) mass is 471 g/mol. The van der Waals surface area contributed by atoms with Gasteiger partial charge in [0, 0.05) is 56.2 Å². The molecule has 2 aliphatic heterocycles. The Hall–Kier alpha value is -3.14. The highest BCUT2D eigenvalue weighted by atomic mass is 32.1. The molecule has 0 atom stereocenters. The molecule has 2 aromatic rings. The molecule has 2 aromatic heterocycles. The number of hydrogen-bond acceptors (Lipinski definition) is 7. The number of alkyl carbamates (subject to hydrolysis) is 1. The summed E-state index contributed by atoms with van der Waals surface area (Å²) in [6, 6.07) is 5.86. The largest absolute Gasteiger partial charge is 0.444 e. The van der Waals surface area contributed by atoms with E-state index in [9.17, 15) is 14.4 Å². The lowest BCUT2D eigenvalue weighted by Crippen LogP contribution is -2.62. The standard InChI is InChI=1S/C23H29N5O4S/c1-22(2,3)32-21(31)25-11-6-18(29)28-12-7-23(8-13-28)26-16-14-17(15-4-9-24-10-5-15)33-19(16)20(30)27-23/h4-5,9-10,14,26H,6-8,11-13H2,1-3H3,(H,25,31)(H,27,30). The van der Waals surface area contributed by atoms with Crippen molar-refractivity contribution in [1.29, 1.82) is 0 Å². The maximum absolute atomic E-state index is 12.8. The molecule has 0 aliphatic carbocycles. The molecule has 9 nitrogen and oxygen atoms in total. The average Bonchev–Trinajstić information content (AvgIpc) is 3.18. The van der Waals surface area contributed by atoms with Crippen LogP contribution in [0.5, 0.6) is 0 Å². The first-order valence-corrected chi connectivity index (χ1v) is 11.9. The van der Waals surface area contributed by atoms with Crippen LogP contribution in [0.2, 0.25) is 0 Å². The minimum atomic E-state index is -0.575. The third-order valence-corrected chi connectivity index (χ3v) is 6.79. The van der Waals surface area contributed by atoms with Crippen molar-refractivity contribution in [3.05, 3.63) is 35.5 Å². The topological polar surface area (TPSA) is 113 Å². The first-order chi connectivity index (χ1) is 15.6. The predicted molar refractivity (Wildman–Crippen MR) is 126 cm³/mol. The van der Waals surface area contributed by atoms with Crippen molar-refractivity contribution in [2.24, 2.45) is 0 Å². The van der Waals surface area contributed by atoms with E-state index in [1.807, 2.05) is 18.2 Å². The van der Waals surface area contributed by atoms with Gasteiger partial charge in [0.05, 0.1) is 5.69 Å². The van der Waals surface area contributed by atoms with Crippen LogP contribution in [0.15, 0.2) is 30.6 Å². The molecule has 1 fully saturated rings. The van der Waals surface area contributed by atoms with E-state index in [0.717, 1.165) is 16.1 Å². The second-order valence-corrected chi connectivity index (χ2v) is 10.4. The molecule has 33 heavy (non-hydrogen) atoms. The van der Waals surface area contributed by atoms with E-state index in [1.165, 1.54) is 11.3 Å². The predicted octanol–water partition coefficient (Wildman–Crippen LogP) is 3.20. The molecule has 10 heteroatoms. The Morgan fingerprint density at radius 2 is 1.91 bits per heavy atom. The van der Waals surface area contributed by atoms with Crippen LogP contribution in [-0.2, 0) is 9.53 Å². The number of likely N-dealkylation sites (tertiary alicyclic amines) is 1. The SMILES string of the molecule is CC(C)(C)OC(=O)NCCC(=O)N1CCC2(CC1)NC(=O)c1sc(-c3ccncc3)cc1N2. The van der Waals surface area contributed by atoms with Gasteiger partial charge in [-0.2, -0.15) is 0 Å². The Labute approximate surface area is 196 Å². The van der Waals surface area contributed by atoms with E-state index in [4.69, 9.17) is 4.74 Å². The summed E-state index contributed by atoms with van der Waals surface area (Å²) in [4.78, 5) is 44.7. The van der Waals surface area contributed by atoms with E-state index in [0.29, 0.717) is 30.8 Å². The highest BCUT2D eigenvalue weighted by Gasteiger charge is 2.41. The number of aromatic nitrogens is 1. The van der Waals surface area contributed by atoms with Crippen LogP contribution < -0.4 is 16.0 Å². The van der Waals surface area contributed by atoms with Gasteiger partial charge in [-0.25, -0.2) is 4.79 Å². The zero-order valence-corrected chi connectivity index (χ0v) is 19.9. The van der Waals surface area contributed by atoms with Crippen LogP contribution in [0.4, 0.5) is 10.5 Å². The summed E-state index contributed by atoms with van der Waals surface area (Å²) < 4.78 is 5.18. The first kappa shape index (κ1) is 23.0. The Morgan fingerprint density at radius 3 is 2.58 bits per heavy atom. The van der Waals surface area contributed by atoms with Crippen LogP contribution in [0.1, 0.15) is 49.7 Å². The number of anilines is 1. The number of nitrogens with one attached hydrogen (secondary N) is 3. The van der Waals surface area contributed by atoms with Gasteiger partial charge in [-0.3, -0.25) is 14.6 Å². The molecule has 0 bridgehead atoms. The summed E-state index contributed by atoms with van der Waals surface area (Å²) in [5.41, 5.74) is 0.714. The number of pyridine rings is 1.